The van der Waals surface area contributed by atoms with Gasteiger partial charge in [-0.25, -0.2) is 4.79 Å². The zero-order chi connectivity index (χ0) is 19.1. The molecule has 4 heteroatoms. The molecule has 0 aliphatic rings. The van der Waals surface area contributed by atoms with Gasteiger partial charge in [-0.15, -0.1) is 0 Å². The molecule has 0 saturated heterocycles. The second-order valence-electron chi connectivity index (χ2n) is 5.77. The molecule has 1 N–H and O–H groups in total. The van der Waals surface area contributed by atoms with Gasteiger partial charge >= 0.3 is 5.97 Å². The summed E-state index contributed by atoms with van der Waals surface area (Å²) < 4.78 is 10.4. The van der Waals surface area contributed by atoms with Crippen LogP contribution in [0.3, 0.4) is 0 Å². The SMILES string of the molecule is COc1ccc(O)cc1C(=O)OCc1ccc(C#Cc2ccccc2)cc1. The number of hydrogen-bond donors (Lipinski definition) is 1. The summed E-state index contributed by atoms with van der Waals surface area (Å²) in [6, 6.07) is 21.5. The maximum Gasteiger partial charge on any atom is 0.342 e. The van der Waals surface area contributed by atoms with Gasteiger partial charge in [-0.2, -0.15) is 0 Å². The normalized spacial score (nSPS) is 9.81. The number of ether oxygens (including phenoxy) is 2. The lowest BCUT2D eigenvalue weighted by Crippen LogP contribution is -2.07. The first-order valence-electron chi connectivity index (χ1n) is 8.36. The zero-order valence-electron chi connectivity index (χ0n) is 14.8. The Morgan fingerprint density at radius 3 is 2.26 bits per heavy atom. The largest absolute Gasteiger partial charge is 0.508 e. The highest BCUT2D eigenvalue weighted by atomic mass is 16.5. The van der Waals surface area contributed by atoms with Crippen LogP contribution in [-0.2, 0) is 11.3 Å². The first kappa shape index (κ1) is 18.1. The van der Waals surface area contributed by atoms with E-state index < -0.39 is 5.97 Å². The lowest BCUT2D eigenvalue weighted by molar-refractivity contribution is 0.0468. The van der Waals surface area contributed by atoms with Crippen molar-refractivity contribution in [2.75, 3.05) is 7.11 Å². The maximum absolute atomic E-state index is 12.2. The second kappa shape index (κ2) is 8.59. The highest BCUT2D eigenvalue weighted by Crippen LogP contribution is 2.24. The topological polar surface area (TPSA) is 55.8 Å². The van der Waals surface area contributed by atoms with Crippen LogP contribution in [0.15, 0.2) is 72.8 Å². The monoisotopic (exact) mass is 358 g/mol. The molecular formula is C23H18O4. The molecule has 3 rings (SSSR count). The van der Waals surface area contributed by atoms with Crippen molar-refractivity contribution in [1.82, 2.24) is 0 Å². The van der Waals surface area contributed by atoms with Gasteiger partial charge in [0.2, 0.25) is 0 Å². The average molecular weight is 358 g/mol. The third kappa shape index (κ3) is 4.90. The van der Waals surface area contributed by atoms with E-state index in [9.17, 15) is 9.90 Å². The van der Waals surface area contributed by atoms with E-state index >= 15 is 0 Å². The van der Waals surface area contributed by atoms with E-state index in [1.807, 2.05) is 54.6 Å². The first-order valence-corrected chi connectivity index (χ1v) is 8.36. The minimum atomic E-state index is -0.560. The van der Waals surface area contributed by atoms with Crippen molar-refractivity contribution >= 4 is 5.97 Å². The van der Waals surface area contributed by atoms with Crippen molar-refractivity contribution in [2.45, 2.75) is 6.61 Å². The predicted octanol–water partition coefficient (Wildman–Crippen LogP) is 4.16. The highest BCUT2D eigenvalue weighted by molar-refractivity contribution is 5.93. The van der Waals surface area contributed by atoms with Crippen LogP contribution in [0.2, 0.25) is 0 Å². The lowest BCUT2D eigenvalue weighted by atomic mass is 10.1. The van der Waals surface area contributed by atoms with Crippen molar-refractivity contribution in [2.24, 2.45) is 0 Å². The van der Waals surface area contributed by atoms with Gasteiger partial charge in [-0.05, 0) is 48.0 Å². The zero-order valence-corrected chi connectivity index (χ0v) is 14.8. The molecule has 4 nitrogen and oxygen atoms in total. The minimum Gasteiger partial charge on any atom is -0.508 e. The number of methoxy groups -OCH3 is 1. The molecule has 3 aromatic carbocycles. The van der Waals surface area contributed by atoms with Crippen LogP contribution in [0, 0.1) is 11.8 Å². The number of carbonyl (C=O) groups excluding carboxylic acids is 1. The summed E-state index contributed by atoms with van der Waals surface area (Å²) in [6.45, 7) is 0.115. The Kier molecular flexibility index (Phi) is 5.76. The summed E-state index contributed by atoms with van der Waals surface area (Å²) in [5.41, 5.74) is 2.86. The van der Waals surface area contributed by atoms with Crippen LogP contribution in [0.1, 0.15) is 27.0 Å². The molecule has 0 aromatic heterocycles. The van der Waals surface area contributed by atoms with Gasteiger partial charge in [0.05, 0.1) is 7.11 Å². The van der Waals surface area contributed by atoms with Crippen molar-refractivity contribution in [3.63, 3.8) is 0 Å². The van der Waals surface area contributed by atoms with Gasteiger partial charge < -0.3 is 14.6 Å². The lowest BCUT2D eigenvalue weighted by Gasteiger charge is -2.09. The Bertz CT molecular complexity index is 980. The van der Waals surface area contributed by atoms with Gasteiger partial charge in [-0.1, -0.05) is 42.2 Å². The van der Waals surface area contributed by atoms with Crippen molar-refractivity contribution in [1.29, 1.82) is 0 Å². The first-order chi connectivity index (χ1) is 13.2. The van der Waals surface area contributed by atoms with Crippen LogP contribution < -0.4 is 4.74 Å². The number of phenols is 1. The molecule has 134 valence electrons. The fourth-order valence-corrected chi connectivity index (χ4v) is 2.43. The second-order valence-corrected chi connectivity index (χ2v) is 5.77. The molecular weight excluding hydrogens is 340 g/mol. The number of benzene rings is 3. The van der Waals surface area contributed by atoms with Crippen molar-refractivity contribution < 1.29 is 19.4 Å². The van der Waals surface area contributed by atoms with Crippen LogP contribution in [0.25, 0.3) is 0 Å². The maximum atomic E-state index is 12.2. The summed E-state index contributed by atoms with van der Waals surface area (Å²) in [6.07, 6.45) is 0. The quantitative estimate of drug-likeness (QED) is 0.562. The fourth-order valence-electron chi connectivity index (χ4n) is 2.43. The number of hydrogen-bond acceptors (Lipinski definition) is 4. The Balaban J connectivity index is 1.63. The fraction of sp³-hybridized carbons (Fsp3) is 0.0870. The summed E-state index contributed by atoms with van der Waals surface area (Å²) in [5, 5.41) is 9.55. The average Bonchev–Trinajstić information content (AvgIpc) is 2.72. The third-order valence-electron chi connectivity index (χ3n) is 3.85. The van der Waals surface area contributed by atoms with E-state index in [1.54, 1.807) is 0 Å². The van der Waals surface area contributed by atoms with Crippen LogP contribution >= 0.6 is 0 Å². The van der Waals surface area contributed by atoms with Crippen molar-refractivity contribution in [3.8, 4) is 23.3 Å². The molecule has 0 heterocycles. The molecule has 0 radical (unpaired) electrons. The Labute approximate surface area is 158 Å². The van der Waals surface area contributed by atoms with Gasteiger partial charge in [-0.3, -0.25) is 0 Å². The summed E-state index contributed by atoms with van der Waals surface area (Å²) in [4.78, 5) is 12.2. The number of aromatic hydroxyl groups is 1. The van der Waals surface area contributed by atoms with Crippen molar-refractivity contribution in [3.05, 3.63) is 95.1 Å². The molecule has 0 bridgehead atoms. The molecule has 0 saturated carbocycles. The van der Waals surface area contributed by atoms with E-state index in [0.717, 1.165) is 16.7 Å². The summed E-state index contributed by atoms with van der Waals surface area (Å²) in [7, 11) is 1.46. The molecule has 3 aromatic rings. The predicted molar refractivity (Wildman–Crippen MR) is 103 cm³/mol. The van der Waals surface area contributed by atoms with Gasteiger partial charge in [0.25, 0.3) is 0 Å². The molecule has 0 fully saturated rings. The Hall–Kier alpha value is -3.71. The molecule has 0 spiro atoms. The number of rotatable bonds is 4. The summed E-state index contributed by atoms with van der Waals surface area (Å²) >= 11 is 0. The van der Waals surface area contributed by atoms with Gasteiger partial charge in [0, 0.05) is 11.1 Å². The third-order valence-corrected chi connectivity index (χ3v) is 3.85. The number of phenolic OH excluding ortho intramolecular Hbond substituents is 1. The van der Waals surface area contributed by atoms with E-state index in [4.69, 9.17) is 9.47 Å². The van der Waals surface area contributed by atoms with Gasteiger partial charge in [0.1, 0.15) is 23.7 Å². The number of carbonyl (C=O) groups is 1. The standard InChI is InChI=1S/C23H18O4/c1-26-22-14-13-20(24)15-21(22)23(25)27-16-19-11-9-18(10-12-19)8-7-17-5-3-2-4-6-17/h2-6,9-15,24H,16H2,1H3. The molecule has 0 aliphatic carbocycles. The van der Waals surface area contributed by atoms with E-state index in [-0.39, 0.29) is 17.9 Å². The Morgan fingerprint density at radius 2 is 1.59 bits per heavy atom. The van der Waals surface area contributed by atoms with Crippen LogP contribution in [-0.4, -0.2) is 18.2 Å². The van der Waals surface area contributed by atoms with E-state index in [1.165, 1.54) is 25.3 Å². The van der Waals surface area contributed by atoms with E-state index in [0.29, 0.717) is 5.75 Å². The minimum absolute atomic E-state index is 0.0240. The van der Waals surface area contributed by atoms with Gasteiger partial charge in [0.15, 0.2) is 0 Å². The van der Waals surface area contributed by atoms with Crippen LogP contribution in [0.4, 0.5) is 0 Å². The number of esters is 1. The van der Waals surface area contributed by atoms with Crippen LogP contribution in [0.5, 0.6) is 11.5 Å². The molecule has 27 heavy (non-hydrogen) atoms. The highest BCUT2D eigenvalue weighted by Gasteiger charge is 2.14. The summed E-state index contributed by atoms with van der Waals surface area (Å²) in [5.74, 6) is 5.96. The molecule has 0 amide bonds. The van der Waals surface area contributed by atoms with E-state index in [2.05, 4.69) is 11.8 Å². The Morgan fingerprint density at radius 1 is 0.926 bits per heavy atom. The smallest absolute Gasteiger partial charge is 0.342 e. The molecule has 0 atom stereocenters. The molecule has 0 aliphatic heterocycles. The molecule has 0 unspecified atom stereocenters.